The van der Waals surface area contributed by atoms with Gasteiger partial charge in [0.25, 0.3) is 0 Å². The molecular weight excluding hydrogens is 223 g/mol. The summed E-state index contributed by atoms with van der Waals surface area (Å²) in [6, 6.07) is 4.59. The molecule has 0 unspecified atom stereocenters. The zero-order valence-electron chi connectivity index (χ0n) is 10.3. The van der Waals surface area contributed by atoms with Crippen LogP contribution in [0.4, 0.5) is 4.39 Å². The molecule has 0 radical (unpaired) electrons. The molecule has 0 atom stereocenters. The number of hydrogen-bond acceptors (Lipinski definition) is 2. The van der Waals surface area contributed by atoms with Crippen molar-refractivity contribution in [1.29, 1.82) is 0 Å². The largest absolute Gasteiger partial charge is 0.491 e. The van der Waals surface area contributed by atoms with Crippen LogP contribution in [0, 0.1) is 5.82 Å². The molecule has 1 aromatic carbocycles. The third-order valence-corrected chi connectivity index (χ3v) is 2.61. The van der Waals surface area contributed by atoms with Crippen molar-refractivity contribution in [3.8, 4) is 5.75 Å². The highest BCUT2D eigenvalue weighted by Gasteiger charge is 2.25. The van der Waals surface area contributed by atoms with Gasteiger partial charge in [0, 0.05) is 5.41 Å². The van der Waals surface area contributed by atoms with Crippen molar-refractivity contribution in [1.82, 2.24) is 0 Å². The first kappa shape index (κ1) is 13.5. The van der Waals surface area contributed by atoms with Gasteiger partial charge in [0.05, 0.1) is 13.0 Å². The number of carbonyl (C=O) groups is 1. The minimum Gasteiger partial charge on any atom is -0.491 e. The Bertz CT molecular complexity index is 413. The van der Waals surface area contributed by atoms with Gasteiger partial charge in [-0.2, -0.15) is 0 Å². The second-order valence-electron chi connectivity index (χ2n) is 4.53. The Morgan fingerprint density at radius 1 is 1.47 bits per heavy atom. The minimum atomic E-state index is -0.899. The molecule has 17 heavy (non-hydrogen) atoms. The quantitative estimate of drug-likeness (QED) is 0.860. The predicted octanol–water partition coefficient (Wildman–Crippen LogP) is 2.98. The molecule has 0 aliphatic rings. The summed E-state index contributed by atoms with van der Waals surface area (Å²) in [6.45, 7) is 5.73. The molecule has 0 aliphatic heterocycles. The van der Waals surface area contributed by atoms with E-state index < -0.39 is 17.2 Å². The van der Waals surface area contributed by atoms with Crippen molar-refractivity contribution in [3.05, 3.63) is 29.6 Å². The lowest BCUT2D eigenvalue weighted by molar-refractivity contribution is -0.138. The maximum Gasteiger partial charge on any atom is 0.304 e. The maximum atomic E-state index is 13.6. The van der Waals surface area contributed by atoms with E-state index in [-0.39, 0.29) is 12.2 Å². The van der Waals surface area contributed by atoms with E-state index in [1.807, 2.05) is 0 Å². The topological polar surface area (TPSA) is 46.5 Å². The molecule has 0 amide bonds. The zero-order chi connectivity index (χ0) is 13.1. The highest BCUT2D eigenvalue weighted by atomic mass is 19.1. The third kappa shape index (κ3) is 3.44. The van der Waals surface area contributed by atoms with Gasteiger partial charge in [-0.25, -0.2) is 4.39 Å². The highest BCUT2D eigenvalue weighted by Crippen LogP contribution is 2.30. The molecule has 0 spiro atoms. The molecule has 0 fully saturated rings. The summed E-state index contributed by atoms with van der Waals surface area (Å²) in [5, 5.41) is 8.80. The Morgan fingerprint density at radius 3 is 2.59 bits per heavy atom. The number of carboxylic acids is 1. The second-order valence-corrected chi connectivity index (χ2v) is 4.53. The fourth-order valence-corrected chi connectivity index (χ4v) is 1.67. The molecule has 0 heterocycles. The van der Waals surface area contributed by atoms with E-state index in [9.17, 15) is 9.18 Å². The minimum absolute atomic E-state index is 0.0412. The van der Waals surface area contributed by atoms with Gasteiger partial charge in [0.1, 0.15) is 0 Å². The summed E-state index contributed by atoms with van der Waals surface area (Å²) in [6.07, 6.45) is -0.0412. The van der Waals surface area contributed by atoms with E-state index in [0.29, 0.717) is 12.2 Å². The van der Waals surface area contributed by atoms with Crippen LogP contribution in [0.5, 0.6) is 5.75 Å². The molecule has 4 heteroatoms. The number of carboxylic acid groups (broad SMARTS) is 1. The van der Waals surface area contributed by atoms with Gasteiger partial charge < -0.3 is 9.84 Å². The molecule has 1 aromatic rings. The van der Waals surface area contributed by atoms with E-state index in [0.717, 1.165) is 0 Å². The molecule has 0 saturated carbocycles. The molecule has 0 saturated heterocycles. The Hall–Kier alpha value is -1.58. The molecule has 0 aliphatic carbocycles. The van der Waals surface area contributed by atoms with Gasteiger partial charge >= 0.3 is 5.97 Å². The van der Waals surface area contributed by atoms with E-state index in [1.54, 1.807) is 26.8 Å². The summed E-state index contributed by atoms with van der Waals surface area (Å²) in [5.74, 6) is -1.16. The number of benzene rings is 1. The van der Waals surface area contributed by atoms with Crippen LogP contribution in [-0.4, -0.2) is 17.7 Å². The number of halogens is 1. The van der Waals surface area contributed by atoms with Crippen LogP contribution in [0.25, 0.3) is 0 Å². The van der Waals surface area contributed by atoms with Crippen LogP contribution in [0.1, 0.15) is 32.8 Å². The average Bonchev–Trinajstić information content (AvgIpc) is 2.19. The first-order valence-electron chi connectivity index (χ1n) is 5.51. The van der Waals surface area contributed by atoms with Crippen LogP contribution in [0.15, 0.2) is 18.2 Å². The van der Waals surface area contributed by atoms with Crippen LogP contribution >= 0.6 is 0 Å². The highest BCUT2D eigenvalue weighted by molar-refractivity contribution is 5.68. The van der Waals surface area contributed by atoms with Crippen LogP contribution in [-0.2, 0) is 10.2 Å². The van der Waals surface area contributed by atoms with Crippen molar-refractivity contribution in [3.63, 3.8) is 0 Å². The van der Waals surface area contributed by atoms with Gasteiger partial charge in [0.15, 0.2) is 11.6 Å². The van der Waals surface area contributed by atoms with Crippen LogP contribution < -0.4 is 4.74 Å². The lowest BCUT2D eigenvalue weighted by atomic mass is 9.81. The van der Waals surface area contributed by atoms with E-state index in [4.69, 9.17) is 9.84 Å². The Labute approximate surface area is 100 Å². The molecule has 0 aromatic heterocycles. The lowest BCUT2D eigenvalue weighted by Crippen LogP contribution is -2.21. The monoisotopic (exact) mass is 240 g/mol. The first-order chi connectivity index (χ1) is 7.86. The molecule has 94 valence electrons. The average molecular weight is 240 g/mol. The van der Waals surface area contributed by atoms with Crippen molar-refractivity contribution >= 4 is 5.97 Å². The van der Waals surface area contributed by atoms with E-state index >= 15 is 0 Å². The SMILES string of the molecule is CCOc1ccc(C(C)(C)CC(=O)O)cc1F. The van der Waals surface area contributed by atoms with Gasteiger partial charge in [-0.05, 0) is 24.6 Å². The molecule has 0 bridgehead atoms. The standard InChI is InChI=1S/C13H17FO3/c1-4-17-11-6-5-9(7-10(11)14)13(2,3)8-12(15)16/h5-7H,4,8H2,1-3H3,(H,15,16). The van der Waals surface area contributed by atoms with Crippen molar-refractivity contribution in [2.75, 3.05) is 6.61 Å². The molecular formula is C13H17FO3. The summed E-state index contributed by atoms with van der Waals surface area (Å²) >= 11 is 0. The van der Waals surface area contributed by atoms with Crippen molar-refractivity contribution in [2.24, 2.45) is 0 Å². The number of aliphatic carboxylic acids is 1. The summed E-state index contributed by atoms with van der Waals surface area (Å²) < 4.78 is 18.7. The lowest BCUT2D eigenvalue weighted by Gasteiger charge is -2.23. The normalized spacial score (nSPS) is 11.3. The maximum absolute atomic E-state index is 13.6. The van der Waals surface area contributed by atoms with Crippen molar-refractivity contribution in [2.45, 2.75) is 32.6 Å². The number of rotatable bonds is 5. The van der Waals surface area contributed by atoms with E-state index in [2.05, 4.69) is 0 Å². The smallest absolute Gasteiger partial charge is 0.304 e. The third-order valence-electron chi connectivity index (χ3n) is 2.61. The van der Waals surface area contributed by atoms with Gasteiger partial charge in [0.2, 0.25) is 0 Å². The van der Waals surface area contributed by atoms with Crippen LogP contribution in [0.2, 0.25) is 0 Å². The molecule has 3 nitrogen and oxygen atoms in total. The Kier molecular flexibility index (Phi) is 4.10. The first-order valence-corrected chi connectivity index (χ1v) is 5.51. The Morgan fingerprint density at radius 2 is 2.12 bits per heavy atom. The number of ether oxygens (including phenoxy) is 1. The summed E-state index contributed by atoms with van der Waals surface area (Å²) in [5.41, 5.74) is 0.0538. The summed E-state index contributed by atoms with van der Waals surface area (Å²) in [4.78, 5) is 10.7. The fourth-order valence-electron chi connectivity index (χ4n) is 1.67. The molecule has 1 N–H and O–H groups in total. The number of hydrogen-bond donors (Lipinski definition) is 1. The summed E-state index contributed by atoms with van der Waals surface area (Å²) in [7, 11) is 0. The van der Waals surface area contributed by atoms with Crippen molar-refractivity contribution < 1.29 is 19.0 Å². The molecule has 1 rings (SSSR count). The van der Waals surface area contributed by atoms with Gasteiger partial charge in [-0.1, -0.05) is 19.9 Å². The van der Waals surface area contributed by atoms with E-state index in [1.165, 1.54) is 12.1 Å². The zero-order valence-corrected chi connectivity index (χ0v) is 10.3. The Balaban J connectivity index is 3.00. The van der Waals surface area contributed by atoms with Gasteiger partial charge in [-0.15, -0.1) is 0 Å². The van der Waals surface area contributed by atoms with Crippen LogP contribution in [0.3, 0.4) is 0 Å². The fraction of sp³-hybridized carbons (Fsp3) is 0.462. The predicted molar refractivity (Wildman–Crippen MR) is 62.8 cm³/mol. The second kappa shape index (κ2) is 5.17. The van der Waals surface area contributed by atoms with Gasteiger partial charge in [-0.3, -0.25) is 4.79 Å².